The first-order valence-electron chi connectivity index (χ1n) is 9.17. The highest BCUT2D eigenvalue weighted by molar-refractivity contribution is 6.31. The number of hydrogen-bond acceptors (Lipinski definition) is 6. The molecule has 1 aliphatic heterocycles. The number of rotatable bonds is 3. The fourth-order valence-corrected chi connectivity index (χ4v) is 3.58. The maximum Gasteiger partial charge on any atom is 0.237 e. The maximum absolute atomic E-state index is 14.1. The Labute approximate surface area is 175 Å². The van der Waals surface area contributed by atoms with Crippen LogP contribution in [0.15, 0.2) is 36.5 Å². The number of pyridine rings is 1. The first-order chi connectivity index (χ1) is 14.3. The number of amides is 1. The maximum atomic E-state index is 14.1. The lowest BCUT2D eigenvalue weighted by Gasteiger charge is -2.11. The Bertz CT molecular complexity index is 1330. The molecule has 3 aromatic heterocycles. The van der Waals surface area contributed by atoms with Gasteiger partial charge in [-0.25, -0.2) is 9.37 Å². The third-order valence-electron chi connectivity index (χ3n) is 5.14. The number of anilines is 1. The van der Waals surface area contributed by atoms with Crippen molar-refractivity contribution in [2.45, 2.75) is 25.8 Å². The first kappa shape index (κ1) is 18.6. The van der Waals surface area contributed by atoms with E-state index < -0.39 is 11.2 Å². The lowest BCUT2D eigenvalue weighted by molar-refractivity contribution is -0.119. The second kappa shape index (κ2) is 6.53. The summed E-state index contributed by atoms with van der Waals surface area (Å²) in [5, 5.41) is 17.0. The van der Waals surface area contributed by atoms with Crippen molar-refractivity contribution in [2.75, 3.05) is 5.32 Å². The number of benzene rings is 1. The highest BCUT2D eigenvalue weighted by atomic mass is 35.5. The van der Waals surface area contributed by atoms with E-state index in [4.69, 9.17) is 11.6 Å². The van der Waals surface area contributed by atoms with Crippen LogP contribution in [-0.4, -0.2) is 35.9 Å². The van der Waals surface area contributed by atoms with Crippen LogP contribution in [-0.2, 0) is 16.8 Å². The minimum Gasteiger partial charge on any atom is -0.308 e. The number of fused-ring (bicyclic) bond motifs is 2. The summed E-state index contributed by atoms with van der Waals surface area (Å²) in [5.74, 6) is -0.00360. The van der Waals surface area contributed by atoms with E-state index >= 15 is 0 Å². The van der Waals surface area contributed by atoms with Gasteiger partial charge in [0.1, 0.15) is 17.2 Å². The SMILES string of the molecule is CC1(C)C(=O)Nc2nc(-c3nn(Cc4ncccc4F)c4cc(Cl)ccc34)nnc21. The molecule has 4 heterocycles. The molecular weight excluding hydrogens is 409 g/mol. The van der Waals surface area contributed by atoms with Crippen molar-refractivity contribution >= 4 is 34.2 Å². The van der Waals surface area contributed by atoms with E-state index in [0.717, 1.165) is 5.39 Å². The van der Waals surface area contributed by atoms with E-state index in [2.05, 4.69) is 30.6 Å². The molecule has 5 rings (SSSR count). The Morgan fingerprint density at radius 2 is 2.07 bits per heavy atom. The van der Waals surface area contributed by atoms with E-state index in [1.54, 1.807) is 36.7 Å². The Hall–Kier alpha value is -3.46. The van der Waals surface area contributed by atoms with E-state index in [0.29, 0.717) is 27.7 Å². The molecule has 1 N–H and O–H groups in total. The lowest BCUT2D eigenvalue weighted by Crippen LogP contribution is -2.27. The molecule has 0 saturated heterocycles. The van der Waals surface area contributed by atoms with Gasteiger partial charge in [0.15, 0.2) is 5.82 Å². The molecule has 1 aliphatic rings. The van der Waals surface area contributed by atoms with Crippen LogP contribution in [0.3, 0.4) is 0 Å². The minimum absolute atomic E-state index is 0.103. The topological polar surface area (TPSA) is 98.5 Å². The van der Waals surface area contributed by atoms with Crippen molar-refractivity contribution in [3.63, 3.8) is 0 Å². The van der Waals surface area contributed by atoms with Gasteiger partial charge in [-0.05, 0) is 44.2 Å². The van der Waals surface area contributed by atoms with Crippen LogP contribution in [0.1, 0.15) is 25.2 Å². The second-order valence-electron chi connectivity index (χ2n) is 7.51. The van der Waals surface area contributed by atoms with E-state index in [1.807, 2.05) is 0 Å². The van der Waals surface area contributed by atoms with E-state index in [-0.39, 0.29) is 24.0 Å². The van der Waals surface area contributed by atoms with Crippen molar-refractivity contribution in [2.24, 2.45) is 0 Å². The zero-order valence-corrected chi connectivity index (χ0v) is 16.8. The van der Waals surface area contributed by atoms with Gasteiger partial charge >= 0.3 is 0 Å². The summed E-state index contributed by atoms with van der Waals surface area (Å²) in [6.07, 6.45) is 1.52. The summed E-state index contributed by atoms with van der Waals surface area (Å²) in [7, 11) is 0. The predicted octanol–water partition coefficient (Wildman–Crippen LogP) is 3.35. The molecular formula is C20H15ClFN7O. The van der Waals surface area contributed by atoms with Crippen molar-refractivity contribution in [1.29, 1.82) is 0 Å². The van der Waals surface area contributed by atoms with Crippen LogP contribution in [0.25, 0.3) is 22.4 Å². The fourth-order valence-electron chi connectivity index (χ4n) is 3.42. The summed E-state index contributed by atoms with van der Waals surface area (Å²) in [6, 6.07) is 8.14. The van der Waals surface area contributed by atoms with Gasteiger partial charge < -0.3 is 5.32 Å². The number of halogens is 2. The average Bonchev–Trinajstić information content (AvgIpc) is 3.17. The average molecular weight is 424 g/mol. The van der Waals surface area contributed by atoms with Gasteiger partial charge in [-0.2, -0.15) is 5.10 Å². The van der Waals surface area contributed by atoms with Gasteiger partial charge in [0.25, 0.3) is 0 Å². The molecule has 30 heavy (non-hydrogen) atoms. The highest BCUT2D eigenvalue weighted by Crippen LogP contribution is 2.35. The first-order valence-corrected chi connectivity index (χ1v) is 9.55. The molecule has 150 valence electrons. The number of hydrogen-bond donors (Lipinski definition) is 1. The van der Waals surface area contributed by atoms with E-state index in [1.165, 1.54) is 18.3 Å². The smallest absolute Gasteiger partial charge is 0.237 e. The van der Waals surface area contributed by atoms with Crippen molar-refractivity contribution < 1.29 is 9.18 Å². The molecule has 4 aromatic rings. The summed E-state index contributed by atoms with van der Waals surface area (Å²) in [6.45, 7) is 3.63. The lowest BCUT2D eigenvalue weighted by atomic mass is 9.91. The third kappa shape index (κ3) is 2.81. The Kier molecular flexibility index (Phi) is 4.04. The van der Waals surface area contributed by atoms with Gasteiger partial charge in [-0.15, -0.1) is 10.2 Å². The van der Waals surface area contributed by atoms with Gasteiger partial charge in [0.2, 0.25) is 11.7 Å². The van der Waals surface area contributed by atoms with Crippen LogP contribution < -0.4 is 5.32 Å². The van der Waals surface area contributed by atoms with Crippen LogP contribution >= 0.6 is 11.6 Å². The molecule has 1 aromatic carbocycles. The van der Waals surface area contributed by atoms with Crippen molar-refractivity contribution in [3.05, 3.63) is 58.8 Å². The largest absolute Gasteiger partial charge is 0.308 e. The molecule has 0 unspecified atom stereocenters. The molecule has 0 saturated carbocycles. The van der Waals surface area contributed by atoms with Gasteiger partial charge in [0.05, 0.1) is 23.2 Å². The standard InChI is InChI=1S/C20H15ClFN7O/c1-20(2)16-18(25-19(20)30)24-17(27-26-16)15-11-6-5-10(21)8-14(11)29(28-15)9-13-12(22)4-3-7-23-13/h3-8H,9H2,1-2H3,(H,24,25,27,30). The molecule has 8 nitrogen and oxygen atoms in total. The number of carbonyl (C=O) groups is 1. The van der Waals surface area contributed by atoms with Crippen LogP contribution in [0, 0.1) is 5.82 Å². The molecule has 0 radical (unpaired) electrons. The summed E-state index contributed by atoms with van der Waals surface area (Å²) < 4.78 is 15.7. The second-order valence-corrected chi connectivity index (χ2v) is 7.95. The van der Waals surface area contributed by atoms with Gasteiger partial charge in [0, 0.05) is 16.6 Å². The zero-order valence-electron chi connectivity index (χ0n) is 16.0. The Morgan fingerprint density at radius 1 is 1.23 bits per heavy atom. The summed E-state index contributed by atoms with van der Waals surface area (Å²) in [5.41, 5.74) is 1.05. The monoisotopic (exact) mass is 423 g/mol. The van der Waals surface area contributed by atoms with Crippen molar-refractivity contribution in [3.8, 4) is 11.5 Å². The number of nitrogens with one attached hydrogen (secondary N) is 1. The zero-order chi connectivity index (χ0) is 21.0. The third-order valence-corrected chi connectivity index (χ3v) is 5.37. The number of nitrogens with zero attached hydrogens (tertiary/aromatic N) is 6. The highest BCUT2D eigenvalue weighted by Gasteiger charge is 2.42. The molecule has 0 atom stereocenters. The van der Waals surface area contributed by atoms with Crippen LogP contribution in [0.2, 0.25) is 5.02 Å². The van der Waals surface area contributed by atoms with Gasteiger partial charge in [-0.1, -0.05) is 11.6 Å². The molecule has 0 aliphatic carbocycles. The summed E-state index contributed by atoms with van der Waals surface area (Å²) >= 11 is 6.18. The molecule has 10 heteroatoms. The Morgan fingerprint density at radius 3 is 2.87 bits per heavy atom. The van der Waals surface area contributed by atoms with E-state index in [9.17, 15) is 9.18 Å². The quantitative estimate of drug-likeness (QED) is 0.542. The van der Waals surface area contributed by atoms with Crippen LogP contribution in [0.5, 0.6) is 0 Å². The molecule has 0 spiro atoms. The normalized spacial score (nSPS) is 14.7. The van der Waals surface area contributed by atoms with Crippen molar-refractivity contribution in [1.82, 2.24) is 29.9 Å². The molecule has 0 fully saturated rings. The molecule has 0 bridgehead atoms. The van der Waals surface area contributed by atoms with Crippen LogP contribution in [0.4, 0.5) is 10.2 Å². The number of carbonyl (C=O) groups excluding carboxylic acids is 1. The molecule has 1 amide bonds. The number of aromatic nitrogens is 6. The predicted molar refractivity (Wildman–Crippen MR) is 109 cm³/mol. The minimum atomic E-state index is -0.806. The Balaban J connectivity index is 1.65. The van der Waals surface area contributed by atoms with Gasteiger partial charge in [-0.3, -0.25) is 14.5 Å². The fraction of sp³-hybridized carbons (Fsp3) is 0.200. The summed E-state index contributed by atoms with van der Waals surface area (Å²) in [4.78, 5) is 20.8.